The van der Waals surface area contributed by atoms with Crippen LogP contribution in [-0.4, -0.2) is 18.6 Å². The topological polar surface area (TPSA) is 98.0 Å². The van der Waals surface area contributed by atoms with Crippen LogP contribution in [0.25, 0.3) is 0 Å². The Morgan fingerprint density at radius 1 is 1.39 bits per heavy atom. The average Bonchev–Trinajstić information content (AvgIpc) is 2.71. The molecule has 1 heterocycles. The molecule has 0 saturated carbocycles. The number of para-hydroxylation sites is 1. The highest BCUT2D eigenvalue weighted by Gasteiger charge is 2.22. The number of hydrogen-bond donors (Lipinski definition) is 2. The average molecular weight is 353 g/mol. The molecule has 0 aliphatic heterocycles. The summed E-state index contributed by atoms with van der Waals surface area (Å²) in [6, 6.07) is 4.09. The van der Waals surface area contributed by atoms with Crippen molar-refractivity contribution in [1.29, 1.82) is 0 Å². The predicted octanol–water partition coefficient (Wildman–Crippen LogP) is 1.82. The van der Waals surface area contributed by atoms with Crippen LogP contribution in [0.1, 0.15) is 0 Å². The molecular formula is C8H6BrFN4O2S2. The summed E-state index contributed by atoms with van der Waals surface area (Å²) in [5.74, 6) is -0.703. The zero-order valence-corrected chi connectivity index (χ0v) is 11.8. The third kappa shape index (κ3) is 2.60. The van der Waals surface area contributed by atoms with Gasteiger partial charge in [0.1, 0.15) is 5.82 Å². The lowest BCUT2D eigenvalue weighted by atomic mass is 10.3. The Kier molecular flexibility index (Phi) is 3.50. The molecule has 0 aliphatic carbocycles. The van der Waals surface area contributed by atoms with E-state index in [0.29, 0.717) is 11.3 Å². The monoisotopic (exact) mass is 352 g/mol. The van der Waals surface area contributed by atoms with Gasteiger partial charge in [0, 0.05) is 4.47 Å². The number of sulfonamides is 1. The molecule has 0 amide bonds. The molecule has 2 rings (SSSR count). The van der Waals surface area contributed by atoms with Crippen LogP contribution in [-0.2, 0) is 10.0 Å². The fraction of sp³-hybridized carbons (Fsp3) is 0. The standard InChI is InChI=1S/C8H6BrFN4O2S2/c9-4-2-1-3-5(10)6(4)14-18(15,16)8-13-12-7(11)17-8/h1-3,14H,(H2,11,12). The molecule has 10 heteroatoms. The van der Waals surface area contributed by atoms with Crippen molar-refractivity contribution >= 4 is 48.1 Å². The maximum atomic E-state index is 13.5. The van der Waals surface area contributed by atoms with E-state index in [1.54, 1.807) is 0 Å². The first-order valence-electron chi connectivity index (χ1n) is 4.46. The van der Waals surface area contributed by atoms with Crippen LogP contribution in [0.5, 0.6) is 0 Å². The van der Waals surface area contributed by atoms with Gasteiger partial charge in [-0.3, -0.25) is 4.72 Å². The Balaban J connectivity index is 2.40. The summed E-state index contributed by atoms with van der Waals surface area (Å²) in [6.07, 6.45) is 0. The molecule has 0 unspecified atom stereocenters. The highest BCUT2D eigenvalue weighted by atomic mass is 79.9. The zero-order chi connectivity index (χ0) is 13.3. The van der Waals surface area contributed by atoms with Crippen molar-refractivity contribution in [2.75, 3.05) is 10.5 Å². The molecule has 1 aromatic heterocycles. The third-order valence-corrected chi connectivity index (χ3v) is 4.98. The molecule has 0 bridgehead atoms. The highest BCUT2D eigenvalue weighted by Crippen LogP contribution is 2.28. The Labute approximate surface area is 114 Å². The summed E-state index contributed by atoms with van der Waals surface area (Å²) >= 11 is 3.75. The van der Waals surface area contributed by atoms with Gasteiger partial charge in [0.2, 0.25) is 5.13 Å². The first kappa shape index (κ1) is 13.2. The van der Waals surface area contributed by atoms with Crippen molar-refractivity contribution in [2.45, 2.75) is 4.34 Å². The molecule has 0 atom stereocenters. The SMILES string of the molecule is Nc1nnc(S(=O)(=O)Nc2c(F)cccc2Br)s1. The highest BCUT2D eigenvalue weighted by molar-refractivity contribution is 9.10. The smallest absolute Gasteiger partial charge is 0.291 e. The number of rotatable bonds is 3. The molecule has 96 valence electrons. The Morgan fingerprint density at radius 3 is 2.67 bits per heavy atom. The number of aromatic nitrogens is 2. The number of nitrogens with one attached hydrogen (secondary N) is 1. The van der Waals surface area contributed by atoms with E-state index in [2.05, 4.69) is 30.8 Å². The van der Waals surface area contributed by atoms with E-state index >= 15 is 0 Å². The van der Waals surface area contributed by atoms with E-state index in [4.69, 9.17) is 5.73 Å². The lowest BCUT2D eigenvalue weighted by Gasteiger charge is -2.07. The van der Waals surface area contributed by atoms with Gasteiger partial charge < -0.3 is 5.73 Å². The van der Waals surface area contributed by atoms with E-state index in [0.717, 1.165) is 6.07 Å². The zero-order valence-electron chi connectivity index (χ0n) is 8.59. The fourth-order valence-electron chi connectivity index (χ4n) is 1.10. The second-order valence-corrected chi connectivity index (χ2v) is 6.83. The van der Waals surface area contributed by atoms with Crippen LogP contribution < -0.4 is 10.5 Å². The summed E-state index contributed by atoms with van der Waals surface area (Å²) in [4.78, 5) is 0. The van der Waals surface area contributed by atoms with Crippen LogP contribution in [0.3, 0.4) is 0 Å². The molecule has 0 fully saturated rings. The number of nitrogen functional groups attached to an aromatic ring is 1. The normalized spacial score (nSPS) is 11.4. The minimum atomic E-state index is -3.99. The van der Waals surface area contributed by atoms with Gasteiger partial charge in [0.25, 0.3) is 14.4 Å². The van der Waals surface area contributed by atoms with Crippen LogP contribution in [0, 0.1) is 5.82 Å². The first-order valence-corrected chi connectivity index (χ1v) is 7.55. The molecule has 1 aromatic carbocycles. The Hall–Kier alpha value is -1.26. The quantitative estimate of drug-likeness (QED) is 0.877. The minimum Gasteiger partial charge on any atom is -0.374 e. The number of nitrogens with two attached hydrogens (primary N) is 1. The van der Waals surface area contributed by atoms with E-state index in [-0.39, 0.29) is 19.6 Å². The number of anilines is 2. The summed E-state index contributed by atoms with van der Waals surface area (Å²) in [5, 5.41) is 6.81. The van der Waals surface area contributed by atoms with E-state index in [1.807, 2.05) is 0 Å². The van der Waals surface area contributed by atoms with Gasteiger partial charge in [0.15, 0.2) is 0 Å². The molecular weight excluding hydrogens is 347 g/mol. The fourth-order valence-corrected chi connectivity index (χ4v) is 3.55. The number of benzene rings is 1. The number of nitrogens with zero attached hydrogens (tertiary/aromatic N) is 2. The summed E-state index contributed by atoms with van der Waals surface area (Å²) in [7, 11) is -3.99. The molecule has 0 aliphatic rings. The van der Waals surface area contributed by atoms with Crippen LogP contribution in [0.4, 0.5) is 15.2 Å². The second-order valence-electron chi connectivity index (χ2n) is 3.11. The van der Waals surface area contributed by atoms with E-state index < -0.39 is 15.8 Å². The van der Waals surface area contributed by atoms with Gasteiger partial charge in [-0.1, -0.05) is 17.4 Å². The molecule has 0 spiro atoms. The number of hydrogen-bond acceptors (Lipinski definition) is 6. The van der Waals surface area contributed by atoms with E-state index in [1.165, 1.54) is 12.1 Å². The van der Waals surface area contributed by atoms with Crippen molar-refractivity contribution in [3.8, 4) is 0 Å². The maximum absolute atomic E-state index is 13.5. The predicted molar refractivity (Wildman–Crippen MR) is 69.2 cm³/mol. The van der Waals surface area contributed by atoms with Gasteiger partial charge in [-0.2, -0.15) is 8.42 Å². The summed E-state index contributed by atoms with van der Waals surface area (Å²) < 4.78 is 39.3. The largest absolute Gasteiger partial charge is 0.374 e. The third-order valence-electron chi connectivity index (χ3n) is 1.85. The molecule has 18 heavy (non-hydrogen) atoms. The van der Waals surface area contributed by atoms with Crippen molar-refractivity contribution in [3.05, 3.63) is 28.5 Å². The van der Waals surface area contributed by atoms with Crippen molar-refractivity contribution < 1.29 is 12.8 Å². The van der Waals surface area contributed by atoms with Crippen LogP contribution in [0.15, 0.2) is 27.0 Å². The molecule has 6 nitrogen and oxygen atoms in total. The Morgan fingerprint density at radius 2 is 2.11 bits per heavy atom. The van der Waals surface area contributed by atoms with E-state index in [9.17, 15) is 12.8 Å². The van der Waals surface area contributed by atoms with Crippen molar-refractivity contribution in [1.82, 2.24) is 10.2 Å². The molecule has 0 radical (unpaired) electrons. The van der Waals surface area contributed by atoms with Crippen molar-refractivity contribution in [2.24, 2.45) is 0 Å². The lowest BCUT2D eigenvalue weighted by molar-refractivity contribution is 0.596. The van der Waals surface area contributed by atoms with Gasteiger partial charge >= 0.3 is 0 Å². The summed E-state index contributed by atoms with van der Waals surface area (Å²) in [6.45, 7) is 0. The molecule has 3 N–H and O–H groups in total. The van der Waals surface area contributed by atoms with Gasteiger partial charge in [-0.05, 0) is 28.1 Å². The lowest BCUT2D eigenvalue weighted by Crippen LogP contribution is -2.14. The van der Waals surface area contributed by atoms with Crippen LogP contribution >= 0.6 is 27.3 Å². The molecule has 2 aromatic rings. The molecule has 0 saturated heterocycles. The van der Waals surface area contributed by atoms with Crippen LogP contribution in [0.2, 0.25) is 0 Å². The Bertz CT molecular complexity index is 668. The summed E-state index contributed by atoms with van der Waals surface area (Å²) in [5.41, 5.74) is 5.11. The maximum Gasteiger partial charge on any atom is 0.291 e. The van der Waals surface area contributed by atoms with Crippen molar-refractivity contribution in [3.63, 3.8) is 0 Å². The van der Waals surface area contributed by atoms with Gasteiger partial charge in [-0.25, -0.2) is 4.39 Å². The van der Waals surface area contributed by atoms with Gasteiger partial charge in [-0.15, -0.1) is 10.2 Å². The number of halogens is 2. The second kappa shape index (κ2) is 4.78. The van der Waals surface area contributed by atoms with Gasteiger partial charge in [0.05, 0.1) is 5.69 Å². The first-order chi connectivity index (χ1) is 8.40. The minimum absolute atomic E-state index is 0.0166.